The van der Waals surface area contributed by atoms with Gasteiger partial charge in [-0.05, 0) is 41.3 Å². The predicted octanol–water partition coefficient (Wildman–Crippen LogP) is 4.85. The van der Waals surface area contributed by atoms with Gasteiger partial charge in [0.1, 0.15) is 0 Å². The number of rotatable bonds is 7. The summed E-state index contributed by atoms with van der Waals surface area (Å²) in [4.78, 5) is 29.6. The molecule has 2 amide bonds. The van der Waals surface area contributed by atoms with E-state index in [1.807, 2.05) is 46.7 Å². The van der Waals surface area contributed by atoms with Crippen molar-refractivity contribution in [1.29, 1.82) is 0 Å². The largest absolute Gasteiger partial charge is 0.355 e. The second kappa shape index (κ2) is 8.91. The lowest BCUT2D eigenvalue weighted by Crippen LogP contribution is -2.48. The van der Waals surface area contributed by atoms with Crippen LogP contribution in [0.2, 0.25) is 0 Å². The molecule has 0 saturated carbocycles. The number of thiophene rings is 1. The second-order valence-corrected chi connectivity index (χ2v) is 9.33. The van der Waals surface area contributed by atoms with Crippen LogP contribution in [0.1, 0.15) is 66.9 Å². The molecular weight excluding hydrogens is 368 g/mol. The summed E-state index contributed by atoms with van der Waals surface area (Å²) in [7, 11) is 0. The fraction of sp³-hybridized carbons (Fsp3) is 0.478. The fourth-order valence-corrected chi connectivity index (χ4v) is 4.71. The smallest absolute Gasteiger partial charge is 0.254 e. The van der Waals surface area contributed by atoms with Gasteiger partial charge in [0, 0.05) is 23.5 Å². The molecule has 150 valence electrons. The summed E-state index contributed by atoms with van der Waals surface area (Å²) in [6.07, 6.45) is 0.943. The molecule has 0 radical (unpaired) electrons. The third kappa shape index (κ3) is 4.30. The minimum atomic E-state index is -0.390. The zero-order chi connectivity index (χ0) is 20.3. The number of nitrogens with zero attached hydrogens (tertiary/aromatic N) is 1. The maximum atomic E-state index is 13.3. The first kappa shape index (κ1) is 20.6. The van der Waals surface area contributed by atoms with E-state index in [0.29, 0.717) is 30.5 Å². The molecule has 0 aliphatic carbocycles. The van der Waals surface area contributed by atoms with Gasteiger partial charge in [0.25, 0.3) is 5.91 Å². The molecule has 1 aliphatic rings. The van der Waals surface area contributed by atoms with E-state index >= 15 is 0 Å². The Morgan fingerprint density at radius 3 is 2.50 bits per heavy atom. The van der Waals surface area contributed by atoms with E-state index in [2.05, 4.69) is 33.0 Å². The number of hydrogen-bond acceptors (Lipinski definition) is 3. The van der Waals surface area contributed by atoms with E-state index in [1.54, 1.807) is 11.3 Å². The van der Waals surface area contributed by atoms with Crippen molar-refractivity contribution in [2.75, 3.05) is 13.1 Å². The zero-order valence-corrected chi connectivity index (χ0v) is 18.0. The molecule has 2 atom stereocenters. The summed E-state index contributed by atoms with van der Waals surface area (Å²) >= 11 is 1.61. The Labute approximate surface area is 172 Å². The van der Waals surface area contributed by atoms with Crippen LogP contribution in [-0.2, 0) is 4.79 Å². The average Bonchev–Trinajstić information content (AvgIpc) is 3.17. The van der Waals surface area contributed by atoms with Crippen LogP contribution in [0.4, 0.5) is 0 Å². The summed E-state index contributed by atoms with van der Waals surface area (Å²) in [5, 5.41) is 5.15. The molecule has 2 aromatic rings. The molecule has 1 N–H and O–H groups in total. The quantitative estimate of drug-likeness (QED) is 0.725. The monoisotopic (exact) mass is 398 g/mol. The summed E-state index contributed by atoms with van der Waals surface area (Å²) in [5.74, 6) is 0.493. The first-order valence-corrected chi connectivity index (χ1v) is 11.0. The lowest BCUT2D eigenvalue weighted by Gasteiger charge is -2.42. The lowest BCUT2D eigenvalue weighted by atomic mass is 9.81. The standard InChI is InChI=1S/C23H30N2O2S/c1-15(2)11-12-24-22(26)20-17-8-5-6-9-18(17)23(27)25(14-16(3)4)21(20)19-10-7-13-28-19/h5-10,13,15-16,20-21H,11-12,14H2,1-4H3,(H,24,26)/t20-,21+/m0/s1. The van der Waals surface area contributed by atoms with Gasteiger partial charge in [-0.25, -0.2) is 0 Å². The van der Waals surface area contributed by atoms with Crippen molar-refractivity contribution < 1.29 is 9.59 Å². The molecule has 1 aromatic heterocycles. The van der Waals surface area contributed by atoms with E-state index in [9.17, 15) is 9.59 Å². The number of nitrogens with one attached hydrogen (secondary N) is 1. The van der Waals surface area contributed by atoms with Crippen molar-refractivity contribution in [3.05, 3.63) is 57.8 Å². The van der Waals surface area contributed by atoms with Gasteiger partial charge in [-0.1, -0.05) is 52.0 Å². The highest BCUT2D eigenvalue weighted by molar-refractivity contribution is 7.10. The van der Waals surface area contributed by atoms with E-state index in [4.69, 9.17) is 0 Å². The molecular formula is C23H30N2O2S. The molecule has 0 fully saturated rings. The molecule has 3 rings (SSSR count). The first-order valence-electron chi connectivity index (χ1n) is 10.1. The van der Waals surface area contributed by atoms with Crippen molar-refractivity contribution in [2.24, 2.45) is 11.8 Å². The van der Waals surface area contributed by atoms with Gasteiger partial charge in [-0.2, -0.15) is 0 Å². The summed E-state index contributed by atoms with van der Waals surface area (Å²) in [5.41, 5.74) is 1.49. The lowest BCUT2D eigenvalue weighted by molar-refractivity contribution is -0.124. The van der Waals surface area contributed by atoms with Gasteiger partial charge in [0.15, 0.2) is 0 Å². The number of carbonyl (C=O) groups excluding carboxylic acids is 2. The van der Waals surface area contributed by atoms with Crippen LogP contribution < -0.4 is 5.32 Å². The number of hydrogen-bond donors (Lipinski definition) is 1. The molecule has 0 spiro atoms. The van der Waals surface area contributed by atoms with Gasteiger partial charge in [0.2, 0.25) is 5.91 Å². The molecule has 5 heteroatoms. The maximum Gasteiger partial charge on any atom is 0.254 e. The normalized spacial score (nSPS) is 19.2. The highest BCUT2D eigenvalue weighted by Gasteiger charge is 2.44. The van der Waals surface area contributed by atoms with Crippen molar-refractivity contribution in [2.45, 2.75) is 46.1 Å². The number of benzene rings is 1. The highest BCUT2D eigenvalue weighted by Crippen LogP contribution is 2.44. The van der Waals surface area contributed by atoms with Crippen molar-refractivity contribution >= 4 is 23.2 Å². The third-order valence-electron chi connectivity index (χ3n) is 5.14. The first-order chi connectivity index (χ1) is 13.4. The van der Waals surface area contributed by atoms with E-state index in [0.717, 1.165) is 16.9 Å². The Bertz CT molecular complexity index is 814. The predicted molar refractivity (Wildman–Crippen MR) is 115 cm³/mol. The zero-order valence-electron chi connectivity index (χ0n) is 17.1. The number of carbonyl (C=O) groups is 2. The molecule has 0 bridgehead atoms. The second-order valence-electron chi connectivity index (χ2n) is 8.35. The number of amides is 2. The topological polar surface area (TPSA) is 49.4 Å². The van der Waals surface area contributed by atoms with Gasteiger partial charge < -0.3 is 10.2 Å². The van der Waals surface area contributed by atoms with Crippen molar-refractivity contribution in [3.63, 3.8) is 0 Å². The van der Waals surface area contributed by atoms with Gasteiger partial charge in [-0.3, -0.25) is 9.59 Å². The molecule has 1 aromatic carbocycles. The molecule has 4 nitrogen and oxygen atoms in total. The maximum absolute atomic E-state index is 13.3. The van der Waals surface area contributed by atoms with Gasteiger partial charge >= 0.3 is 0 Å². The summed E-state index contributed by atoms with van der Waals surface area (Å²) < 4.78 is 0. The summed E-state index contributed by atoms with van der Waals surface area (Å²) in [6.45, 7) is 9.81. The minimum absolute atomic E-state index is 0.00718. The fourth-order valence-electron chi connectivity index (χ4n) is 3.84. The Hall–Kier alpha value is -2.14. The Kier molecular flexibility index (Phi) is 6.55. The van der Waals surface area contributed by atoms with Crippen LogP contribution in [0.5, 0.6) is 0 Å². The Morgan fingerprint density at radius 2 is 1.86 bits per heavy atom. The van der Waals surface area contributed by atoms with E-state index in [-0.39, 0.29) is 17.9 Å². The average molecular weight is 399 g/mol. The number of fused-ring (bicyclic) bond motifs is 1. The van der Waals surface area contributed by atoms with E-state index in [1.165, 1.54) is 0 Å². The Morgan fingerprint density at radius 1 is 1.11 bits per heavy atom. The highest BCUT2D eigenvalue weighted by atomic mass is 32.1. The molecule has 0 saturated heterocycles. The van der Waals surface area contributed by atoms with Crippen LogP contribution in [-0.4, -0.2) is 29.8 Å². The van der Waals surface area contributed by atoms with Crippen LogP contribution in [0.15, 0.2) is 41.8 Å². The van der Waals surface area contributed by atoms with Crippen molar-refractivity contribution in [1.82, 2.24) is 10.2 Å². The molecule has 1 aliphatic heterocycles. The molecule has 2 heterocycles. The molecule has 28 heavy (non-hydrogen) atoms. The van der Waals surface area contributed by atoms with Crippen molar-refractivity contribution in [3.8, 4) is 0 Å². The van der Waals surface area contributed by atoms with Gasteiger partial charge in [-0.15, -0.1) is 11.3 Å². The van der Waals surface area contributed by atoms with Crippen LogP contribution >= 0.6 is 11.3 Å². The SMILES string of the molecule is CC(C)CCNC(=O)[C@H]1c2ccccc2C(=O)N(CC(C)C)[C@@H]1c1cccs1. The van der Waals surface area contributed by atoms with Gasteiger partial charge in [0.05, 0.1) is 12.0 Å². The Balaban J connectivity index is 2.04. The minimum Gasteiger partial charge on any atom is -0.355 e. The van der Waals surface area contributed by atoms with Crippen LogP contribution in [0.3, 0.4) is 0 Å². The molecule has 0 unspecified atom stereocenters. The third-order valence-corrected chi connectivity index (χ3v) is 6.08. The van der Waals surface area contributed by atoms with Crippen LogP contribution in [0, 0.1) is 11.8 Å². The van der Waals surface area contributed by atoms with Crippen LogP contribution in [0.25, 0.3) is 0 Å². The van der Waals surface area contributed by atoms with E-state index < -0.39 is 5.92 Å². The summed E-state index contributed by atoms with van der Waals surface area (Å²) in [6, 6.07) is 11.4.